The highest BCUT2D eigenvalue weighted by atomic mass is 19.4. The number of hydrogen-bond acceptors (Lipinski definition) is 3. The van der Waals surface area contributed by atoms with Crippen molar-refractivity contribution in [3.63, 3.8) is 0 Å². The monoisotopic (exact) mass is 231 g/mol. The van der Waals surface area contributed by atoms with E-state index in [1.807, 2.05) is 0 Å². The maximum absolute atomic E-state index is 12.0. The van der Waals surface area contributed by atoms with E-state index >= 15 is 0 Å². The largest absolute Gasteiger partial charge is 0.475 e. The summed E-state index contributed by atoms with van der Waals surface area (Å²) < 4.78 is 63.5. The predicted octanol–water partition coefficient (Wildman–Crippen LogP) is 2.33. The van der Waals surface area contributed by atoms with Crippen molar-refractivity contribution in [3.05, 3.63) is 17.3 Å². The van der Waals surface area contributed by atoms with Crippen LogP contribution in [0.15, 0.2) is 4.42 Å². The lowest BCUT2D eigenvalue weighted by molar-refractivity contribution is -0.157. The molecule has 0 unspecified atom stereocenters. The van der Waals surface area contributed by atoms with Gasteiger partial charge in [-0.3, -0.25) is 0 Å². The average Bonchev–Trinajstić information content (AvgIpc) is 2.45. The van der Waals surface area contributed by atoms with Crippen molar-refractivity contribution in [2.75, 3.05) is 0 Å². The summed E-state index contributed by atoms with van der Waals surface area (Å²) in [6.07, 6.45) is -8.55. The number of aromatic nitrogens is 1. The van der Waals surface area contributed by atoms with Crippen molar-refractivity contribution in [2.45, 2.75) is 12.6 Å². The summed E-state index contributed by atoms with van der Waals surface area (Å²) in [5.74, 6) is -5.54. The summed E-state index contributed by atoms with van der Waals surface area (Å²) in [4.78, 5) is 12.6. The minimum absolute atomic E-state index is 1.50. The van der Waals surface area contributed by atoms with E-state index < -0.39 is 35.9 Å². The Hall–Kier alpha value is -1.67. The Kier molecular flexibility index (Phi) is 2.65. The summed E-state index contributed by atoms with van der Waals surface area (Å²) in [6, 6.07) is 0. The van der Waals surface area contributed by atoms with Crippen LogP contribution in [0, 0.1) is 0 Å². The number of halogens is 5. The highest BCUT2D eigenvalue weighted by Crippen LogP contribution is 2.32. The molecule has 0 aliphatic rings. The van der Waals surface area contributed by atoms with Crippen LogP contribution >= 0.6 is 0 Å². The molecule has 0 spiro atoms. The summed E-state index contributed by atoms with van der Waals surface area (Å²) in [5, 5.41) is 8.26. The number of nitrogens with zero attached hydrogens (tertiary/aromatic N) is 1. The Balaban J connectivity index is 3.28. The molecule has 1 heterocycles. The molecule has 1 aromatic rings. The molecule has 1 aromatic heterocycles. The fourth-order valence-electron chi connectivity index (χ4n) is 0.754. The molecule has 0 amide bonds. The molecule has 15 heavy (non-hydrogen) atoms. The van der Waals surface area contributed by atoms with Crippen molar-refractivity contribution in [2.24, 2.45) is 0 Å². The lowest BCUT2D eigenvalue weighted by Gasteiger charge is -1.97. The molecule has 4 nitrogen and oxygen atoms in total. The SMILES string of the molecule is O=C(O)c1oc(C(F)(F)F)nc1C(F)F. The summed E-state index contributed by atoms with van der Waals surface area (Å²) in [6.45, 7) is 0. The van der Waals surface area contributed by atoms with E-state index in [0.29, 0.717) is 0 Å². The number of carboxylic acids is 1. The fourth-order valence-corrected chi connectivity index (χ4v) is 0.754. The number of hydrogen-bond donors (Lipinski definition) is 1. The van der Waals surface area contributed by atoms with Gasteiger partial charge in [0, 0.05) is 0 Å². The highest BCUT2D eigenvalue weighted by molar-refractivity contribution is 5.85. The number of alkyl halides is 5. The molecule has 0 fully saturated rings. The Bertz CT molecular complexity index is 383. The van der Waals surface area contributed by atoms with Crippen LogP contribution in [-0.2, 0) is 6.18 Å². The fraction of sp³-hybridized carbons (Fsp3) is 0.333. The minimum Gasteiger partial charge on any atom is -0.475 e. The molecule has 1 rings (SSSR count). The van der Waals surface area contributed by atoms with Crippen LogP contribution in [0.5, 0.6) is 0 Å². The van der Waals surface area contributed by atoms with Crippen LogP contribution in [0.25, 0.3) is 0 Å². The van der Waals surface area contributed by atoms with Crippen molar-refractivity contribution in [1.82, 2.24) is 4.98 Å². The smallest absolute Gasteiger partial charge is 0.468 e. The van der Waals surface area contributed by atoms with Crippen LogP contribution in [0.3, 0.4) is 0 Å². The molecule has 0 atom stereocenters. The third kappa shape index (κ3) is 2.22. The van der Waals surface area contributed by atoms with Gasteiger partial charge in [0.05, 0.1) is 0 Å². The topological polar surface area (TPSA) is 63.3 Å². The number of carboxylic acid groups (broad SMARTS) is 1. The van der Waals surface area contributed by atoms with Gasteiger partial charge < -0.3 is 9.52 Å². The van der Waals surface area contributed by atoms with E-state index in [9.17, 15) is 26.7 Å². The number of carbonyl (C=O) groups is 1. The Labute approximate surface area is 78.3 Å². The van der Waals surface area contributed by atoms with Crippen molar-refractivity contribution in [3.8, 4) is 0 Å². The molecule has 1 N–H and O–H groups in total. The summed E-state index contributed by atoms with van der Waals surface area (Å²) in [5.41, 5.74) is -1.53. The third-order valence-electron chi connectivity index (χ3n) is 1.30. The first-order valence-corrected chi connectivity index (χ1v) is 3.33. The van der Waals surface area contributed by atoms with Crippen LogP contribution in [0.1, 0.15) is 28.6 Å². The first-order chi connectivity index (χ1) is 6.73. The normalized spacial score (nSPS) is 12.1. The minimum atomic E-state index is -5.10. The molecule has 0 aliphatic heterocycles. The molecular weight excluding hydrogens is 229 g/mol. The zero-order chi connectivity index (χ0) is 11.8. The van der Waals surface area contributed by atoms with Gasteiger partial charge in [0.1, 0.15) is 0 Å². The molecule has 84 valence electrons. The van der Waals surface area contributed by atoms with Crippen molar-refractivity contribution >= 4 is 5.97 Å². The van der Waals surface area contributed by atoms with Gasteiger partial charge in [0.2, 0.25) is 5.76 Å². The van der Waals surface area contributed by atoms with E-state index in [1.165, 1.54) is 0 Å². The molecule has 9 heteroatoms. The molecule has 0 saturated carbocycles. The van der Waals surface area contributed by atoms with E-state index in [-0.39, 0.29) is 0 Å². The average molecular weight is 231 g/mol. The lowest BCUT2D eigenvalue weighted by Crippen LogP contribution is -2.05. The van der Waals surface area contributed by atoms with E-state index in [1.54, 1.807) is 0 Å². The number of aromatic carboxylic acids is 1. The lowest BCUT2D eigenvalue weighted by atomic mass is 10.3. The summed E-state index contributed by atoms with van der Waals surface area (Å²) in [7, 11) is 0. The Morgan fingerprint density at radius 3 is 2.20 bits per heavy atom. The van der Waals surface area contributed by atoms with Crippen LogP contribution < -0.4 is 0 Å². The molecular formula is C6H2F5NO3. The van der Waals surface area contributed by atoms with E-state index in [0.717, 1.165) is 0 Å². The Morgan fingerprint density at radius 2 is 1.93 bits per heavy atom. The zero-order valence-electron chi connectivity index (χ0n) is 6.68. The van der Waals surface area contributed by atoms with Gasteiger partial charge in [-0.25, -0.2) is 18.6 Å². The number of rotatable bonds is 2. The van der Waals surface area contributed by atoms with Crippen LogP contribution in [0.4, 0.5) is 22.0 Å². The second-order valence-corrected chi connectivity index (χ2v) is 2.34. The first kappa shape index (κ1) is 11.4. The van der Waals surface area contributed by atoms with Crippen LogP contribution in [-0.4, -0.2) is 16.1 Å². The van der Waals surface area contributed by atoms with Gasteiger partial charge >= 0.3 is 18.0 Å². The van der Waals surface area contributed by atoms with Crippen LogP contribution in [0.2, 0.25) is 0 Å². The molecule has 0 radical (unpaired) electrons. The molecule has 0 aliphatic carbocycles. The van der Waals surface area contributed by atoms with Gasteiger partial charge in [-0.15, -0.1) is 0 Å². The third-order valence-corrected chi connectivity index (χ3v) is 1.30. The Morgan fingerprint density at radius 1 is 1.40 bits per heavy atom. The van der Waals surface area contributed by atoms with Gasteiger partial charge in [0.15, 0.2) is 5.69 Å². The van der Waals surface area contributed by atoms with E-state index in [4.69, 9.17) is 5.11 Å². The van der Waals surface area contributed by atoms with Gasteiger partial charge in [0.25, 0.3) is 6.43 Å². The van der Waals surface area contributed by atoms with Gasteiger partial charge in [-0.05, 0) is 0 Å². The number of oxazole rings is 1. The van der Waals surface area contributed by atoms with Crippen molar-refractivity contribution < 1.29 is 36.3 Å². The quantitative estimate of drug-likeness (QED) is 0.793. The summed E-state index contributed by atoms with van der Waals surface area (Å²) >= 11 is 0. The van der Waals surface area contributed by atoms with Gasteiger partial charge in [-0.2, -0.15) is 13.2 Å². The highest BCUT2D eigenvalue weighted by Gasteiger charge is 2.41. The first-order valence-electron chi connectivity index (χ1n) is 3.33. The van der Waals surface area contributed by atoms with Gasteiger partial charge in [-0.1, -0.05) is 0 Å². The standard InChI is InChI=1S/C6H2F5NO3/c7-3(8)1-2(4(13)14)15-5(12-1)6(9,10)11/h3H,(H,13,14). The van der Waals surface area contributed by atoms with Crippen molar-refractivity contribution in [1.29, 1.82) is 0 Å². The second-order valence-electron chi connectivity index (χ2n) is 2.34. The zero-order valence-corrected chi connectivity index (χ0v) is 6.68. The molecule has 0 aromatic carbocycles. The second kappa shape index (κ2) is 3.48. The van der Waals surface area contributed by atoms with E-state index in [2.05, 4.69) is 9.40 Å². The maximum Gasteiger partial charge on any atom is 0.468 e. The predicted molar refractivity (Wildman–Crippen MR) is 33.4 cm³/mol. The maximum atomic E-state index is 12.0. The molecule has 0 bridgehead atoms. The molecule has 0 saturated heterocycles.